The van der Waals surface area contributed by atoms with E-state index in [0.717, 1.165) is 0 Å². The molecule has 2 aromatic rings. The minimum absolute atomic E-state index is 0.0327. The zero-order valence-electron chi connectivity index (χ0n) is 11.6. The van der Waals surface area contributed by atoms with Crippen LogP contribution in [0.15, 0.2) is 60.7 Å². The van der Waals surface area contributed by atoms with Gasteiger partial charge in [0.05, 0.1) is 0 Å². The first-order chi connectivity index (χ1) is 10.4. The summed E-state index contributed by atoms with van der Waals surface area (Å²) in [6.07, 6.45) is -1.07. The molecule has 2 aromatic carbocycles. The Labute approximate surface area is 139 Å². The monoisotopic (exact) mass is 332 g/mol. The molecule has 0 saturated carbocycles. The molecular formula is C16H16N2O2S2. The minimum atomic E-state index is -1.82. The van der Waals surface area contributed by atoms with Gasteiger partial charge in [-0.15, -0.1) is 0 Å². The fourth-order valence-corrected chi connectivity index (χ4v) is 2.44. The van der Waals surface area contributed by atoms with Crippen molar-refractivity contribution in [2.24, 2.45) is 5.73 Å². The van der Waals surface area contributed by atoms with E-state index in [2.05, 4.69) is 5.32 Å². The van der Waals surface area contributed by atoms with Crippen LogP contribution in [0.25, 0.3) is 0 Å². The largest absolute Gasteiger partial charge is 0.389 e. The van der Waals surface area contributed by atoms with Crippen molar-refractivity contribution in [1.82, 2.24) is 5.32 Å². The highest BCUT2D eigenvalue weighted by molar-refractivity contribution is 7.80. The average Bonchev–Trinajstić information content (AvgIpc) is 2.55. The summed E-state index contributed by atoms with van der Waals surface area (Å²) in [6, 6.07) is 17.5. The molecule has 0 aliphatic heterocycles. The Morgan fingerprint density at radius 2 is 1.50 bits per heavy atom. The van der Waals surface area contributed by atoms with Gasteiger partial charge in [0, 0.05) is 5.56 Å². The smallest absolute Gasteiger partial charge is 0.214 e. The molecular weight excluding hydrogens is 316 g/mol. The van der Waals surface area contributed by atoms with Gasteiger partial charge in [0.2, 0.25) is 5.72 Å². The predicted octanol–water partition coefficient (Wildman–Crippen LogP) is 1.77. The van der Waals surface area contributed by atoms with Gasteiger partial charge in [-0.1, -0.05) is 85.1 Å². The van der Waals surface area contributed by atoms with Crippen LogP contribution in [-0.4, -0.2) is 20.2 Å². The van der Waals surface area contributed by atoms with E-state index in [4.69, 9.17) is 30.2 Å². The molecule has 0 bridgehead atoms. The molecule has 22 heavy (non-hydrogen) atoms. The topological polar surface area (TPSA) is 78.5 Å². The summed E-state index contributed by atoms with van der Waals surface area (Å²) < 4.78 is 0. The molecule has 6 heteroatoms. The summed E-state index contributed by atoms with van der Waals surface area (Å²) in [5.74, 6) is 0. The van der Waals surface area contributed by atoms with Crippen molar-refractivity contribution in [3.05, 3.63) is 71.8 Å². The third-order valence-corrected chi connectivity index (χ3v) is 3.84. The Morgan fingerprint density at radius 3 is 2.00 bits per heavy atom. The van der Waals surface area contributed by atoms with E-state index in [1.54, 1.807) is 54.6 Å². The van der Waals surface area contributed by atoms with Crippen molar-refractivity contribution >= 4 is 34.4 Å². The first-order valence-corrected chi connectivity index (χ1v) is 7.39. The highest BCUT2D eigenvalue weighted by Crippen LogP contribution is 2.21. The van der Waals surface area contributed by atoms with Crippen molar-refractivity contribution in [3.63, 3.8) is 0 Å². The molecule has 0 saturated heterocycles. The van der Waals surface area contributed by atoms with E-state index < -0.39 is 11.8 Å². The van der Waals surface area contributed by atoms with Gasteiger partial charge in [0.25, 0.3) is 0 Å². The standard InChI is InChI=1S/C16H16N2O2S2/c17-15(22)16(20,12-9-5-2-6-10-12)18-14(21)13(19)11-7-3-1-4-8-11/h1-10,13,19-20H,(H2,17,22)(H,18,21). The number of hydrogen-bond acceptors (Lipinski definition) is 4. The van der Waals surface area contributed by atoms with Gasteiger partial charge in [-0.25, -0.2) is 0 Å². The zero-order valence-corrected chi connectivity index (χ0v) is 13.3. The highest BCUT2D eigenvalue weighted by Gasteiger charge is 2.35. The Bertz CT molecular complexity index is 664. The van der Waals surface area contributed by atoms with Crippen molar-refractivity contribution in [3.8, 4) is 0 Å². The van der Waals surface area contributed by atoms with Crippen LogP contribution in [0.5, 0.6) is 0 Å². The lowest BCUT2D eigenvalue weighted by Crippen LogP contribution is -2.54. The number of nitrogens with two attached hydrogens (primary N) is 1. The fourth-order valence-electron chi connectivity index (χ4n) is 1.99. The molecule has 0 amide bonds. The van der Waals surface area contributed by atoms with Crippen LogP contribution in [-0.2, 0) is 5.72 Å². The molecule has 114 valence electrons. The van der Waals surface area contributed by atoms with Crippen LogP contribution in [0.3, 0.4) is 0 Å². The summed E-state index contributed by atoms with van der Waals surface area (Å²) in [5, 5.41) is 23.7. The van der Waals surface area contributed by atoms with Gasteiger partial charge >= 0.3 is 0 Å². The molecule has 0 aliphatic carbocycles. The lowest BCUT2D eigenvalue weighted by atomic mass is 10.0. The number of benzene rings is 2. The van der Waals surface area contributed by atoms with Gasteiger partial charge in [0.1, 0.15) is 16.1 Å². The van der Waals surface area contributed by atoms with Crippen molar-refractivity contribution < 1.29 is 10.2 Å². The van der Waals surface area contributed by atoms with Gasteiger partial charge in [-0.05, 0) is 5.56 Å². The first-order valence-electron chi connectivity index (χ1n) is 6.58. The van der Waals surface area contributed by atoms with Crippen LogP contribution in [0.2, 0.25) is 0 Å². The average molecular weight is 332 g/mol. The molecule has 0 fully saturated rings. The van der Waals surface area contributed by atoms with Gasteiger partial charge in [0.15, 0.2) is 0 Å². The number of aliphatic hydroxyl groups excluding tert-OH is 1. The second-order valence-electron chi connectivity index (χ2n) is 4.74. The zero-order chi connectivity index (χ0) is 16.2. The Balaban J connectivity index is 2.25. The predicted molar refractivity (Wildman–Crippen MR) is 94.3 cm³/mol. The van der Waals surface area contributed by atoms with Gasteiger partial charge in [-0.3, -0.25) is 0 Å². The molecule has 0 spiro atoms. The number of aliphatic hydroxyl groups is 2. The van der Waals surface area contributed by atoms with E-state index >= 15 is 0 Å². The van der Waals surface area contributed by atoms with Crippen molar-refractivity contribution in [2.45, 2.75) is 11.8 Å². The van der Waals surface area contributed by atoms with E-state index in [1.165, 1.54) is 0 Å². The second kappa shape index (κ2) is 6.93. The lowest BCUT2D eigenvalue weighted by Gasteiger charge is -2.31. The Morgan fingerprint density at radius 1 is 1.00 bits per heavy atom. The number of nitrogens with one attached hydrogen (secondary N) is 1. The van der Waals surface area contributed by atoms with E-state index in [0.29, 0.717) is 11.1 Å². The molecule has 2 unspecified atom stereocenters. The third-order valence-electron chi connectivity index (χ3n) is 3.22. The normalized spacial score (nSPS) is 14.6. The van der Waals surface area contributed by atoms with E-state index in [1.807, 2.05) is 6.07 Å². The Kier molecular flexibility index (Phi) is 5.20. The van der Waals surface area contributed by atoms with Crippen LogP contribution in [0, 0.1) is 0 Å². The molecule has 0 radical (unpaired) electrons. The Hall–Kier alpha value is -1.86. The summed E-state index contributed by atoms with van der Waals surface area (Å²) in [4.78, 5) is -0.147. The van der Waals surface area contributed by atoms with E-state index in [9.17, 15) is 10.2 Å². The van der Waals surface area contributed by atoms with Crippen LogP contribution >= 0.6 is 24.4 Å². The SMILES string of the molecule is NC(=S)C(O)(NC(=S)C(O)c1ccccc1)c1ccccc1. The molecule has 0 aliphatic rings. The van der Waals surface area contributed by atoms with Crippen molar-refractivity contribution in [1.29, 1.82) is 0 Å². The molecule has 5 N–H and O–H groups in total. The summed E-state index contributed by atoms with van der Waals surface area (Å²) in [7, 11) is 0. The van der Waals surface area contributed by atoms with Crippen LogP contribution in [0.1, 0.15) is 17.2 Å². The number of thiocarbonyl (C=S) groups is 2. The molecule has 4 nitrogen and oxygen atoms in total. The van der Waals surface area contributed by atoms with Crippen LogP contribution < -0.4 is 11.1 Å². The molecule has 2 atom stereocenters. The maximum atomic E-state index is 10.8. The second-order valence-corrected chi connectivity index (χ2v) is 5.62. The number of hydrogen-bond donors (Lipinski definition) is 4. The summed E-state index contributed by atoms with van der Waals surface area (Å²) >= 11 is 10.1. The lowest BCUT2D eigenvalue weighted by molar-refractivity contribution is 0.0924. The highest BCUT2D eigenvalue weighted by atomic mass is 32.1. The minimum Gasteiger partial charge on any atom is -0.389 e. The number of rotatable bonds is 5. The summed E-state index contributed by atoms with van der Waals surface area (Å²) in [6.45, 7) is 0. The molecule has 2 rings (SSSR count). The molecule has 0 aromatic heterocycles. The summed E-state index contributed by atoms with van der Waals surface area (Å²) in [5.41, 5.74) is 4.91. The maximum absolute atomic E-state index is 10.8. The van der Waals surface area contributed by atoms with Gasteiger partial charge < -0.3 is 21.3 Å². The van der Waals surface area contributed by atoms with Crippen LogP contribution in [0.4, 0.5) is 0 Å². The maximum Gasteiger partial charge on any atom is 0.214 e. The van der Waals surface area contributed by atoms with E-state index in [-0.39, 0.29) is 9.98 Å². The first kappa shape index (κ1) is 16.5. The third kappa shape index (κ3) is 3.48. The molecule has 0 heterocycles. The quantitative estimate of drug-likeness (QED) is 0.494. The fraction of sp³-hybridized carbons (Fsp3) is 0.125. The van der Waals surface area contributed by atoms with Crippen molar-refractivity contribution in [2.75, 3.05) is 0 Å². The van der Waals surface area contributed by atoms with Gasteiger partial charge in [-0.2, -0.15) is 0 Å².